The third kappa shape index (κ3) is 3.47. The molecule has 1 aromatic carbocycles. The zero-order valence-electron chi connectivity index (χ0n) is 13.4. The molecule has 0 aliphatic heterocycles. The van der Waals surface area contributed by atoms with Gasteiger partial charge in [-0.25, -0.2) is 18.1 Å². The van der Waals surface area contributed by atoms with Gasteiger partial charge in [-0.2, -0.15) is 5.10 Å². The average Bonchev–Trinajstić information content (AvgIpc) is 3.16. The van der Waals surface area contributed by atoms with E-state index in [0.29, 0.717) is 5.82 Å². The van der Waals surface area contributed by atoms with E-state index in [2.05, 4.69) is 14.8 Å². The summed E-state index contributed by atoms with van der Waals surface area (Å²) in [6.07, 6.45) is 4.62. The van der Waals surface area contributed by atoms with Gasteiger partial charge < -0.3 is 4.74 Å². The van der Waals surface area contributed by atoms with Crippen LogP contribution in [-0.4, -0.2) is 35.2 Å². The molecule has 0 saturated heterocycles. The van der Waals surface area contributed by atoms with Gasteiger partial charge in [-0.15, -0.1) is 0 Å². The summed E-state index contributed by atoms with van der Waals surface area (Å²) in [5, 5.41) is 15.1. The van der Waals surface area contributed by atoms with E-state index in [1.807, 2.05) is 0 Å². The molecule has 0 amide bonds. The van der Waals surface area contributed by atoms with Crippen LogP contribution in [0.5, 0.6) is 5.75 Å². The van der Waals surface area contributed by atoms with Crippen molar-refractivity contribution in [1.82, 2.24) is 14.8 Å². The second-order valence-corrected chi connectivity index (χ2v) is 6.73. The number of rotatable bonds is 6. The van der Waals surface area contributed by atoms with Crippen LogP contribution >= 0.6 is 0 Å². The van der Waals surface area contributed by atoms with Gasteiger partial charge in [-0.05, 0) is 30.3 Å². The monoisotopic (exact) mass is 375 g/mol. The van der Waals surface area contributed by atoms with Crippen molar-refractivity contribution in [2.75, 3.05) is 11.8 Å². The number of nitrogens with zero attached hydrogens (tertiary/aromatic N) is 4. The SMILES string of the molecule is COc1ccc(S(=O)(=O)Nc2ccc(-n3cccn3)nc2)cc1[N+](=O)[O-]. The topological polar surface area (TPSA) is 129 Å². The molecule has 0 radical (unpaired) electrons. The zero-order valence-corrected chi connectivity index (χ0v) is 14.3. The normalized spacial score (nSPS) is 11.1. The Morgan fingerprint density at radius 3 is 2.65 bits per heavy atom. The lowest BCUT2D eigenvalue weighted by molar-refractivity contribution is -0.386. The van der Waals surface area contributed by atoms with E-state index in [0.717, 1.165) is 6.07 Å². The van der Waals surface area contributed by atoms with E-state index in [-0.39, 0.29) is 16.3 Å². The number of ether oxygens (including phenoxy) is 1. The maximum atomic E-state index is 12.5. The van der Waals surface area contributed by atoms with Crippen molar-refractivity contribution in [2.24, 2.45) is 0 Å². The van der Waals surface area contributed by atoms with Gasteiger partial charge in [-0.3, -0.25) is 14.8 Å². The third-order valence-corrected chi connectivity index (χ3v) is 4.78. The molecule has 3 rings (SSSR count). The van der Waals surface area contributed by atoms with Gasteiger partial charge in [-0.1, -0.05) is 0 Å². The second kappa shape index (κ2) is 6.80. The van der Waals surface area contributed by atoms with E-state index in [9.17, 15) is 18.5 Å². The average molecular weight is 375 g/mol. The first-order chi connectivity index (χ1) is 12.4. The number of nitro benzene ring substituents is 1. The highest BCUT2D eigenvalue weighted by molar-refractivity contribution is 7.92. The van der Waals surface area contributed by atoms with Gasteiger partial charge in [0.15, 0.2) is 11.6 Å². The molecule has 11 heteroatoms. The van der Waals surface area contributed by atoms with E-state index in [1.165, 1.54) is 36.2 Å². The highest BCUT2D eigenvalue weighted by Crippen LogP contribution is 2.30. The number of hydrogen-bond acceptors (Lipinski definition) is 7. The van der Waals surface area contributed by atoms with Crippen molar-refractivity contribution >= 4 is 21.4 Å². The highest BCUT2D eigenvalue weighted by atomic mass is 32.2. The number of benzene rings is 1. The lowest BCUT2D eigenvalue weighted by Gasteiger charge is -2.09. The Kier molecular flexibility index (Phi) is 4.54. The molecule has 0 aliphatic carbocycles. The lowest BCUT2D eigenvalue weighted by atomic mass is 10.3. The molecule has 1 N–H and O–H groups in total. The van der Waals surface area contributed by atoms with Gasteiger partial charge in [0, 0.05) is 18.5 Å². The molecule has 26 heavy (non-hydrogen) atoms. The van der Waals surface area contributed by atoms with Crippen molar-refractivity contribution in [3.63, 3.8) is 0 Å². The first-order valence-electron chi connectivity index (χ1n) is 7.22. The Labute approximate surface area is 148 Å². The van der Waals surface area contributed by atoms with Crippen molar-refractivity contribution < 1.29 is 18.1 Å². The summed E-state index contributed by atoms with van der Waals surface area (Å²) in [7, 11) is -2.77. The Hall–Kier alpha value is -3.47. The van der Waals surface area contributed by atoms with Crippen LogP contribution in [0, 0.1) is 10.1 Å². The number of methoxy groups -OCH3 is 1. The number of hydrogen-bond donors (Lipinski definition) is 1. The zero-order chi connectivity index (χ0) is 18.7. The second-order valence-electron chi connectivity index (χ2n) is 5.05. The molecule has 2 heterocycles. The van der Waals surface area contributed by atoms with Crippen LogP contribution in [0.15, 0.2) is 59.9 Å². The summed E-state index contributed by atoms with van der Waals surface area (Å²) in [6, 6.07) is 8.22. The minimum absolute atomic E-state index is 0.0285. The fraction of sp³-hybridized carbons (Fsp3) is 0.0667. The number of nitrogens with one attached hydrogen (secondary N) is 1. The van der Waals surface area contributed by atoms with Crippen LogP contribution in [0.3, 0.4) is 0 Å². The lowest BCUT2D eigenvalue weighted by Crippen LogP contribution is -2.13. The summed E-state index contributed by atoms with van der Waals surface area (Å²) < 4.78 is 33.7. The van der Waals surface area contributed by atoms with Gasteiger partial charge in [0.1, 0.15) is 0 Å². The molecule has 134 valence electrons. The summed E-state index contributed by atoms with van der Waals surface area (Å²) in [5.41, 5.74) is -0.234. The molecule has 10 nitrogen and oxygen atoms in total. The van der Waals surface area contributed by atoms with Gasteiger partial charge in [0.25, 0.3) is 10.0 Å². The Bertz CT molecular complexity index is 1030. The number of anilines is 1. The van der Waals surface area contributed by atoms with E-state index in [1.54, 1.807) is 24.5 Å². The fourth-order valence-electron chi connectivity index (χ4n) is 2.18. The first-order valence-corrected chi connectivity index (χ1v) is 8.70. The number of nitro groups is 1. The van der Waals surface area contributed by atoms with Gasteiger partial charge in [0.05, 0.1) is 28.8 Å². The largest absolute Gasteiger partial charge is 0.490 e. The maximum absolute atomic E-state index is 12.5. The fourth-order valence-corrected chi connectivity index (χ4v) is 3.24. The minimum Gasteiger partial charge on any atom is -0.490 e. The van der Waals surface area contributed by atoms with Crippen LogP contribution < -0.4 is 9.46 Å². The van der Waals surface area contributed by atoms with Crippen molar-refractivity contribution in [3.05, 3.63) is 65.1 Å². The van der Waals surface area contributed by atoms with Crippen molar-refractivity contribution in [3.8, 4) is 11.6 Å². The van der Waals surface area contributed by atoms with Crippen LogP contribution in [0.1, 0.15) is 0 Å². The van der Waals surface area contributed by atoms with E-state index in [4.69, 9.17) is 4.74 Å². The number of pyridine rings is 1. The highest BCUT2D eigenvalue weighted by Gasteiger charge is 2.22. The third-order valence-electron chi connectivity index (χ3n) is 3.40. The smallest absolute Gasteiger partial charge is 0.312 e. The molecule has 0 unspecified atom stereocenters. The predicted molar refractivity (Wildman–Crippen MR) is 91.8 cm³/mol. The van der Waals surface area contributed by atoms with Crippen LogP contribution in [0.25, 0.3) is 5.82 Å². The van der Waals surface area contributed by atoms with Crippen LogP contribution in [0.4, 0.5) is 11.4 Å². The van der Waals surface area contributed by atoms with Crippen LogP contribution in [-0.2, 0) is 10.0 Å². The Balaban J connectivity index is 1.87. The van der Waals surface area contributed by atoms with Crippen LogP contribution in [0.2, 0.25) is 0 Å². The van der Waals surface area contributed by atoms with Gasteiger partial charge in [0.2, 0.25) is 0 Å². The molecule has 0 bridgehead atoms. The Morgan fingerprint density at radius 2 is 2.08 bits per heavy atom. The number of sulfonamides is 1. The minimum atomic E-state index is -4.03. The molecule has 0 spiro atoms. The standard InChI is InChI=1S/C15H13N5O5S/c1-25-14-5-4-12(9-13(14)20(21)22)26(23,24)18-11-3-6-15(16-10-11)19-8-2-7-17-19/h2-10,18H,1H3. The molecule has 3 aromatic rings. The molecule has 2 aromatic heterocycles. The van der Waals surface area contributed by atoms with Crippen molar-refractivity contribution in [2.45, 2.75) is 4.90 Å². The number of aromatic nitrogens is 3. The molecule has 0 aliphatic rings. The Morgan fingerprint density at radius 1 is 1.27 bits per heavy atom. The van der Waals surface area contributed by atoms with Gasteiger partial charge >= 0.3 is 5.69 Å². The summed E-state index contributed by atoms with van der Waals surface area (Å²) in [4.78, 5) is 14.2. The van der Waals surface area contributed by atoms with Crippen molar-refractivity contribution in [1.29, 1.82) is 0 Å². The quantitative estimate of drug-likeness (QED) is 0.515. The molecule has 0 saturated carbocycles. The van der Waals surface area contributed by atoms with E-state index >= 15 is 0 Å². The van der Waals surface area contributed by atoms with E-state index < -0.39 is 20.6 Å². The summed E-state index contributed by atoms with van der Waals surface area (Å²) in [6.45, 7) is 0. The molecular weight excluding hydrogens is 362 g/mol. The predicted octanol–water partition coefficient (Wildman–Crippen LogP) is 1.98. The molecular formula is C15H13N5O5S. The first kappa shape index (κ1) is 17.4. The summed E-state index contributed by atoms with van der Waals surface area (Å²) in [5.74, 6) is 0.484. The molecule has 0 atom stereocenters. The maximum Gasteiger partial charge on any atom is 0.312 e. The molecule has 0 fully saturated rings. The summed E-state index contributed by atoms with van der Waals surface area (Å²) >= 11 is 0.